The van der Waals surface area contributed by atoms with E-state index in [4.69, 9.17) is 4.74 Å². The molecule has 144 valence electrons. The number of ether oxygens (including phenoxy) is 1. The average Bonchev–Trinajstić information content (AvgIpc) is 3.44. The minimum atomic E-state index is -0.707. The number of aromatic nitrogens is 1. The SMILES string of the molecule is Cc1cc(C(=O)COC(=O)c2ccc3c(c2)C(=O)N(C)C3=O)c(C)n1C1CC1. The van der Waals surface area contributed by atoms with Gasteiger partial charge in [0.15, 0.2) is 6.61 Å². The van der Waals surface area contributed by atoms with Crippen LogP contribution in [0.15, 0.2) is 24.3 Å². The zero-order valence-corrected chi connectivity index (χ0v) is 15.9. The summed E-state index contributed by atoms with van der Waals surface area (Å²) in [7, 11) is 1.39. The van der Waals surface area contributed by atoms with E-state index < -0.39 is 17.8 Å². The summed E-state index contributed by atoms with van der Waals surface area (Å²) in [5, 5.41) is 0. The second-order valence-electron chi connectivity index (χ2n) is 7.31. The zero-order chi connectivity index (χ0) is 20.2. The summed E-state index contributed by atoms with van der Waals surface area (Å²) < 4.78 is 7.33. The molecule has 7 nitrogen and oxygen atoms in total. The molecular weight excluding hydrogens is 360 g/mol. The lowest BCUT2D eigenvalue weighted by Gasteiger charge is -2.08. The number of hydrogen-bond acceptors (Lipinski definition) is 5. The molecule has 0 spiro atoms. The standard InChI is InChI=1S/C21H20N2O5/c1-11-8-16(12(2)23(11)14-5-6-14)18(24)10-28-21(27)13-4-7-15-17(9-13)20(26)22(3)19(15)25/h4,7-9,14H,5-6,10H2,1-3H3. The minimum absolute atomic E-state index is 0.131. The van der Waals surface area contributed by atoms with E-state index in [9.17, 15) is 19.2 Å². The summed E-state index contributed by atoms with van der Waals surface area (Å²) in [5.41, 5.74) is 3.04. The Balaban J connectivity index is 1.47. The number of nitrogens with zero attached hydrogens (tertiary/aromatic N) is 2. The topological polar surface area (TPSA) is 85.7 Å². The molecule has 1 aromatic carbocycles. The Bertz CT molecular complexity index is 1050. The van der Waals surface area contributed by atoms with Gasteiger partial charge in [-0.1, -0.05) is 0 Å². The van der Waals surface area contributed by atoms with Crippen molar-refractivity contribution in [3.05, 3.63) is 57.9 Å². The molecule has 4 rings (SSSR count). The quantitative estimate of drug-likeness (QED) is 0.452. The van der Waals surface area contributed by atoms with E-state index in [0.29, 0.717) is 11.6 Å². The maximum Gasteiger partial charge on any atom is 0.338 e. The van der Waals surface area contributed by atoms with Gasteiger partial charge in [0.25, 0.3) is 11.8 Å². The van der Waals surface area contributed by atoms with Crippen molar-refractivity contribution < 1.29 is 23.9 Å². The first-order valence-electron chi connectivity index (χ1n) is 9.14. The Hall–Kier alpha value is -3.22. The van der Waals surface area contributed by atoms with Crippen LogP contribution in [-0.2, 0) is 4.74 Å². The fourth-order valence-electron chi connectivity index (χ4n) is 3.73. The zero-order valence-electron chi connectivity index (χ0n) is 15.9. The lowest BCUT2D eigenvalue weighted by Crippen LogP contribution is -2.24. The third-order valence-corrected chi connectivity index (χ3v) is 5.36. The van der Waals surface area contributed by atoms with E-state index in [1.165, 1.54) is 25.2 Å². The van der Waals surface area contributed by atoms with E-state index in [1.54, 1.807) is 0 Å². The van der Waals surface area contributed by atoms with Crippen LogP contribution in [0.1, 0.15) is 71.7 Å². The molecular formula is C21H20N2O5. The largest absolute Gasteiger partial charge is 0.454 e. The Morgan fingerprint density at radius 2 is 1.75 bits per heavy atom. The molecule has 0 N–H and O–H groups in total. The van der Waals surface area contributed by atoms with Crippen LogP contribution in [0.2, 0.25) is 0 Å². The van der Waals surface area contributed by atoms with Gasteiger partial charge in [-0.15, -0.1) is 0 Å². The molecule has 0 atom stereocenters. The summed E-state index contributed by atoms with van der Waals surface area (Å²) in [6.45, 7) is 3.49. The molecule has 2 heterocycles. The molecule has 2 aliphatic rings. The van der Waals surface area contributed by atoms with Crippen LogP contribution in [0, 0.1) is 13.8 Å². The van der Waals surface area contributed by atoms with Gasteiger partial charge in [-0.25, -0.2) is 4.79 Å². The minimum Gasteiger partial charge on any atom is -0.454 e. The van der Waals surface area contributed by atoms with Gasteiger partial charge in [-0.2, -0.15) is 0 Å². The molecule has 7 heteroatoms. The van der Waals surface area contributed by atoms with Crippen LogP contribution in [0.3, 0.4) is 0 Å². The van der Waals surface area contributed by atoms with Crippen LogP contribution in [0.5, 0.6) is 0 Å². The van der Waals surface area contributed by atoms with E-state index >= 15 is 0 Å². The number of carbonyl (C=O) groups excluding carboxylic acids is 4. The Labute approximate surface area is 161 Å². The number of amides is 2. The molecule has 0 radical (unpaired) electrons. The highest BCUT2D eigenvalue weighted by molar-refractivity contribution is 6.21. The van der Waals surface area contributed by atoms with E-state index in [-0.39, 0.29) is 29.1 Å². The van der Waals surface area contributed by atoms with Crippen molar-refractivity contribution in [3.8, 4) is 0 Å². The first kappa shape index (κ1) is 18.2. The van der Waals surface area contributed by atoms with Gasteiger partial charge in [0.2, 0.25) is 5.78 Å². The highest BCUT2D eigenvalue weighted by Gasteiger charge is 2.33. The first-order chi connectivity index (χ1) is 13.3. The fraction of sp³-hybridized carbons (Fsp3) is 0.333. The first-order valence-corrected chi connectivity index (χ1v) is 9.14. The molecule has 0 saturated heterocycles. The van der Waals surface area contributed by atoms with Crippen molar-refractivity contribution in [2.75, 3.05) is 13.7 Å². The lowest BCUT2D eigenvalue weighted by atomic mass is 10.1. The highest BCUT2D eigenvalue weighted by atomic mass is 16.5. The predicted octanol–water partition coefficient (Wildman–Crippen LogP) is 2.71. The maximum absolute atomic E-state index is 12.5. The van der Waals surface area contributed by atoms with Crippen LogP contribution >= 0.6 is 0 Å². The highest BCUT2D eigenvalue weighted by Crippen LogP contribution is 2.38. The lowest BCUT2D eigenvalue weighted by molar-refractivity contribution is 0.0474. The number of aryl methyl sites for hydroxylation is 1. The Morgan fingerprint density at radius 3 is 2.43 bits per heavy atom. The van der Waals surface area contributed by atoms with Gasteiger partial charge in [0.05, 0.1) is 16.7 Å². The maximum atomic E-state index is 12.5. The monoisotopic (exact) mass is 380 g/mol. The summed E-state index contributed by atoms with van der Waals surface area (Å²) in [4.78, 5) is 49.9. The molecule has 1 fully saturated rings. The second kappa shape index (κ2) is 6.44. The van der Waals surface area contributed by atoms with E-state index in [2.05, 4.69) is 4.57 Å². The summed E-state index contributed by atoms with van der Waals surface area (Å²) >= 11 is 0. The predicted molar refractivity (Wildman–Crippen MR) is 99.7 cm³/mol. The number of imide groups is 1. The summed E-state index contributed by atoms with van der Waals surface area (Å²) in [6, 6.07) is 6.49. The summed E-state index contributed by atoms with van der Waals surface area (Å²) in [6.07, 6.45) is 2.24. The van der Waals surface area contributed by atoms with Crippen molar-refractivity contribution in [3.63, 3.8) is 0 Å². The van der Waals surface area contributed by atoms with Gasteiger partial charge in [-0.3, -0.25) is 19.3 Å². The smallest absolute Gasteiger partial charge is 0.338 e. The molecule has 1 aliphatic heterocycles. The van der Waals surface area contributed by atoms with Gasteiger partial charge in [0, 0.05) is 30.0 Å². The van der Waals surface area contributed by atoms with Gasteiger partial charge < -0.3 is 9.30 Å². The molecule has 1 saturated carbocycles. The number of hydrogen-bond donors (Lipinski definition) is 0. The third kappa shape index (κ3) is 2.83. The number of benzene rings is 1. The Morgan fingerprint density at radius 1 is 1.07 bits per heavy atom. The molecule has 0 unspecified atom stereocenters. The van der Waals surface area contributed by atoms with Crippen LogP contribution in [0.25, 0.3) is 0 Å². The number of esters is 1. The third-order valence-electron chi connectivity index (χ3n) is 5.36. The molecule has 2 aromatic rings. The summed E-state index contributed by atoms with van der Waals surface area (Å²) in [5.74, 6) is -1.83. The van der Waals surface area contributed by atoms with Crippen LogP contribution in [-0.4, -0.2) is 46.7 Å². The van der Waals surface area contributed by atoms with Gasteiger partial charge >= 0.3 is 5.97 Å². The Kier molecular flexibility index (Phi) is 4.18. The van der Waals surface area contributed by atoms with Crippen molar-refractivity contribution in [1.82, 2.24) is 9.47 Å². The second-order valence-corrected chi connectivity index (χ2v) is 7.31. The number of carbonyl (C=O) groups is 4. The number of fused-ring (bicyclic) bond motifs is 1. The van der Waals surface area contributed by atoms with Crippen molar-refractivity contribution >= 4 is 23.6 Å². The average molecular weight is 380 g/mol. The molecule has 1 aliphatic carbocycles. The van der Waals surface area contributed by atoms with Crippen molar-refractivity contribution in [2.24, 2.45) is 0 Å². The number of Topliss-reactive ketones (excluding diaryl/α,β-unsaturated/α-hetero) is 1. The van der Waals surface area contributed by atoms with Crippen molar-refractivity contribution in [1.29, 1.82) is 0 Å². The fourth-order valence-corrected chi connectivity index (χ4v) is 3.73. The normalized spacial score (nSPS) is 15.8. The van der Waals surface area contributed by atoms with Gasteiger partial charge in [-0.05, 0) is 51.0 Å². The van der Waals surface area contributed by atoms with Crippen LogP contribution in [0.4, 0.5) is 0 Å². The molecule has 2 amide bonds. The van der Waals surface area contributed by atoms with Crippen LogP contribution < -0.4 is 0 Å². The number of rotatable bonds is 5. The van der Waals surface area contributed by atoms with Crippen molar-refractivity contribution in [2.45, 2.75) is 32.7 Å². The molecule has 0 bridgehead atoms. The molecule has 28 heavy (non-hydrogen) atoms. The van der Waals surface area contributed by atoms with E-state index in [1.807, 2.05) is 19.9 Å². The molecule has 1 aromatic heterocycles. The van der Waals surface area contributed by atoms with E-state index in [0.717, 1.165) is 29.1 Å². The van der Waals surface area contributed by atoms with Gasteiger partial charge in [0.1, 0.15) is 0 Å². The number of ketones is 1.